The van der Waals surface area contributed by atoms with E-state index in [0.29, 0.717) is 24.4 Å². The Morgan fingerprint density at radius 1 is 1.10 bits per heavy atom. The van der Waals surface area contributed by atoms with E-state index in [0.717, 1.165) is 17.7 Å². The first-order chi connectivity index (χ1) is 14.0. The van der Waals surface area contributed by atoms with Crippen molar-refractivity contribution in [3.8, 4) is 5.75 Å². The van der Waals surface area contributed by atoms with Gasteiger partial charge in [-0.1, -0.05) is 31.2 Å². The minimum Gasteiger partial charge on any atom is -0.489 e. The lowest BCUT2D eigenvalue weighted by Crippen LogP contribution is -2.18. The molecule has 3 aromatic rings. The maximum atomic E-state index is 12.6. The number of carbonyl (C=O) groups excluding carboxylic acids is 2. The molecule has 7 heteroatoms. The van der Waals surface area contributed by atoms with Gasteiger partial charge in [0, 0.05) is 18.3 Å². The Kier molecular flexibility index (Phi) is 6.29. The van der Waals surface area contributed by atoms with Crippen LogP contribution >= 0.6 is 0 Å². The molecule has 0 saturated heterocycles. The number of rotatable bonds is 8. The highest BCUT2D eigenvalue weighted by Crippen LogP contribution is 2.17. The molecule has 3 rings (SSSR count). The monoisotopic (exact) mass is 392 g/mol. The fraction of sp³-hybridized carbons (Fsp3) is 0.227. The van der Waals surface area contributed by atoms with Gasteiger partial charge in [0.15, 0.2) is 5.69 Å². The smallest absolute Gasteiger partial charge is 0.271 e. The number of hydrogen-bond acceptors (Lipinski definition) is 4. The minimum absolute atomic E-state index is 0.0372. The molecule has 0 unspecified atom stereocenters. The number of aryl methyl sites for hydroxylation is 2. The van der Waals surface area contributed by atoms with E-state index in [1.807, 2.05) is 37.3 Å². The second-order valence-corrected chi connectivity index (χ2v) is 6.55. The number of benzene rings is 2. The highest BCUT2D eigenvalue weighted by Gasteiger charge is 2.17. The highest BCUT2D eigenvalue weighted by atomic mass is 16.5. The number of hydrogen-bond donors (Lipinski definition) is 2. The lowest BCUT2D eigenvalue weighted by atomic mass is 10.1. The third kappa shape index (κ3) is 5.01. The molecular formula is C22H24N4O3. The van der Waals surface area contributed by atoms with E-state index < -0.39 is 5.91 Å². The van der Waals surface area contributed by atoms with Gasteiger partial charge in [-0.2, -0.15) is 5.10 Å². The summed E-state index contributed by atoms with van der Waals surface area (Å²) in [5.41, 5.74) is 8.24. The summed E-state index contributed by atoms with van der Waals surface area (Å²) in [6.07, 6.45) is 2.57. The molecule has 0 aliphatic rings. The molecule has 0 fully saturated rings. The van der Waals surface area contributed by atoms with Gasteiger partial charge in [-0.05, 0) is 48.7 Å². The molecule has 150 valence electrons. The molecule has 2 aromatic carbocycles. The summed E-state index contributed by atoms with van der Waals surface area (Å²) in [7, 11) is 0. The Bertz CT molecular complexity index is 1010. The second-order valence-electron chi connectivity index (χ2n) is 6.55. The molecule has 7 nitrogen and oxygen atoms in total. The molecule has 0 aliphatic heterocycles. The van der Waals surface area contributed by atoms with Crippen molar-refractivity contribution in [2.75, 3.05) is 5.32 Å². The van der Waals surface area contributed by atoms with Crippen molar-refractivity contribution in [2.24, 2.45) is 5.73 Å². The van der Waals surface area contributed by atoms with Gasteiger partial charge >= 0.3 is 0 Å². The van der Waals surface area contributed by atoms with Crippen molar-refractivity contribution in [3.05, 3.63) is 77.1 Å². The normalized spacial score (nSPS) is 10.6. The lowest BCUT2D eigenvalue weighted by molar-refractivity contribution is 0.0995. The van der Waals surface area contributed by atoms with E-state index in [4.69, 9.17) is 10.5 Å². The highest BCUT2D eigenvalue weighted by molar-refractivity contribution is 6.08. The van der Waals surface area contributed by atoms with Crippen LogP contribution in [0.25, 0.3) is 0 Å². The molecule has 29 heavy (non-hydrogen) atoms. The summed E-state index contributed by atoms with van der Waals surface area (Å²) in [4.78, 5) is 24.2. The molecule has 0 spiro atoms. The van der Waals surface area contributed by atoms with Crippen LogP contribution in [0, 0.1) is 0 Å². The van der Waals surface area contributed by atoms with Gasteiger partial charge in [-0.15, -0.1) is 0 Å². The molecule has 2 amide bonds. The van der Waals surface area contributed by atoms with E-state index in [9.17, 15) is 9.59 Å². The SMILES string of the molecule is CCc1ccc(OCc2cccc(C(=O)Nc3cn(CC)nc3C(N)=O)c2)cc1. The number of aromatic nitrogens is 2. The van der Waals surface area contributed by atoms with Crippen LogP contribution in [0.1, 0.15) is 45.8 Å². The van der Waals surface area contributed by atoms with Crippen LogP contribution in [-0.4, -0.2) is 21.6 Å². The first kappa shape index (κ1) is 20.1. The van der Waals surface area contributed by atoms with Crippen LogP contribution in [0.3, 0.4) is 0 Å². The third-order valence-corrected chi connectivity index (χ3v) is 4.49. The zero-order chi connectivity index (χ0) is 20.8. The van der Waals surface area contributed by atoms with Gasteiger partial charge in [0.2, 0.25) is 0 Å². The number of nitrogens with one attached hydrogen (secondary N) is 1. The first-order valence-corrected chi connectivity index (χ1v) is 9.49. The topological polar surface area (TPSA) is 99.2 Å². The van der Waals surface area contributed by atoms with Gasteiger partial charge in [0.1, 0.15) is 12.4 Å². The summed E-state index contributed by atoms with van der Waals surface area (Å²) < 4.78 is 7.35. The zero-order valence-electron chi connectivity index (χ0n) is 16.5. The maximum absolute atomic E-state index is 12.6. The van der Waals surface area contributed by atoms with Crippen LogP contribution in [0.15, 0.2) is 54.7 Å². The number of ether oxygens (including phenoxy) is 1. The average Bonchev–Trinajstić information content (AvgIpc) is 3.16. The summed E-state index contributed by atoms with van der Waals surface area (Å²) in [6.45, 7) is 4.88. The second kappa shape index (κ2) is 9.05. The summed E-state index contributed by atoms with van der Waals surface area (Å²) >= 11 is 0. The van der Waals surface area contributed by atoms with E-state index in [-0.39, 0.29) is 11.6 Å². The predicted molar refractivity (Wildman–Crippen MR) is 111 cm³/mol. The minimum atomic E-state index is -0.691. The van der Waals surface area contributed by atoms with E-state index >= 15 is 0 Å². The van der Waals surface area contributed by atoms with Crippen molar-refractivity contribution >= 4 is 17.5 Å². The Labute approximate surface area is 169 Å². The average molecular weight is 392 g/mol. The van der Waals surface area contributed by atoms with E-state index in [1.165, 1.54) is 5.56 Å². The molecule has 0 atom stereocenters. The number of nitrogens with two attached hydrogens (primary N) is 1. The van der Waals surface area contributed by atoms with Crippen LogP contribution in [-0.2, 0) is 19.6 Å². The molecule has 0 saturated carbocycles. The van der Waals surface area contributed by atoms with Gasteiger partial charge in [0.25, 0.3) is 11.8 Å². The van der Waals surface area contributed by atoms with Gasteiger partial charge in [0.05, 0.1) is 5.69 Å². The number of amides is 2. The molecular weight excluding hydrogens is 368 g/mol. The molecule has 3 N–H and O–H groups in total. The first-order valence-electron chi connectivity index (χ1n) is 9.49. The Hall–Kier alpha value is -3.61. The summed E-state index contributed by atoms with van der Waals surface area (Å²) in [5.74, 6) is -0.267. The maximum Gasteiger partial charge on any atom is 0.271 e. The molecule has 1 heterocycles. The van der Waals surface area contributed by atoms with Crippen LogP contribution in [0.5, 0.6) is 5.75 Å². The summed E-state index contributed by atoms with van der Waals surface area (Å²) in [5, 5.41) is 6.79. The standard InChI is InChI=1S/C22H24N4O3/c1-3-15-8-10-18(11-9-15)29-14-16-6-5-7-17(12-16)22(28)24-19-13-26(4-2)25-20(19)21(23)27/h5-13H,3-4,14H2,1-2H3,(H2,23,27)(H,24,28). The van der Waals surface area contributed by atoms with Crippen molar-refractivity contribution < 1.29 is 14.3 Å². The fourth-order valence-corrected chi connectivity index (χ4v) is 2.84. The van der Waals surface area contributed by atoms with E-state index in [1.54, 1.807) is 29.1 Å². The van der Waals surface area contributed by atoms with Crippen LogP contribution < -0.4 is 15.8 Å². The predicted octanol–water partition coefficient (Wildman–Crippen LogP) is 3.40. The number of anilines is 1. The largest absolute Gasteiger partial charge is 0.489 e. The quantitative estimate of drug-likeness (QED) is 0.614. The lowest BCUT2D eigenvalue weighted by Gasteiger charge is -2.09. The van der Waals surface area contributed by atoms with Crippen molar-refractivity contribution in [3.63, 3.8) is 0 Å². The van der Waals surface area contributed by atoms with Crippen LogP contribution in [0.4, 0.5) is 5.69 Å². The van der Waals surface area contributed by atoms with Gasteiger partial charge in [-0.25, -0.2) is 0 Å². The Morgan fingerprint density at radius 2 is 1.86 bits per heavy atom. The van der Waals surface area contributed by atoms with Gasteiger partial charge in [-0.3, -0.25) is 14.3 Å². The molecule has 0 aliphatic carbocycles. The molecule has 0 radical (unpaired) electrons. The molecule has 1 aromatic heterocycles. The number of nitrogens with zero attached hydrogens (tertiary/aromatic N) is 2. The zero-order valence-corrected chi connectivity index (χ0v) is 16.5. The van der Waals surface area contributed by atoms with Crippen molar-refractivity contribution in [1.82, 2.24) is 9.78 Å². The fourth-order valence-electron chi connectivity index (χ4n) is 2.84. The Balaban J connectivity index is 1.69. The number of carbonyl (C=O) groups is 2. The van der Waals surface area contributed by atoms with Crippen molar-refractivity contribution in [1.29, 1.82) is 0 Å². The Morgan fingerprint density at radius 3 is 2.52 bits per heavy atom. The van der Waals surface area contributed by atoms with Gasteiger partial charge < -0.3 is 15.8 Å². The summed E-state index contributed by atoms with van der Waals surface area (Å²) in [6, 6.07) is 15.1. The number of primary amides is 1. The van der Waals surface area contributed by atoms with Crippen molar-refractivity contribution in [2.45, 2.75) is 33.4 Å². The molecule has 0 bridgehead atoms. The van der Waals surface area contributed by atoms with Crippen LogP contribution in [0.2, 0.25) is 0 Å². The van der Waals surface area contributed by atoms with E-state index in [2.05, 4.69) is 17.3 Å². The third-order valence-electron chi connectivity index (χ3n) is 4.49.